The van der Waals surface area contributed by atoms with Crippen LogP contribution in [0.2, 0.25) is 0 Å². The largest absolute Gasteiger partial charge is 0.363 e. The molecule has 1 atom stereocenters. The molecule has 10 heavy (non-hydrogen) atoms. The summed E-state index contributed by atoms with van der Waals surface area (Å²) in [6, 6.07) is 0. The number of carbonyl (C=O) groups is 1. The van der Waals surface area contributed by atoms with Crippen molar-refractivity contribution in [3.8, 4) is 0 Å². The van der Waals surface area contributed by atoms with Gasteiger partial charge < -0.3 is 10.1 Å². The maximum Gasteiger partial charge on any atom is 0.149 e. The molecule has 3 nitrogen and oxygen atoms in total. The number of allylic oxidation sites excluding steroid dienone is 2. The van der Waals surface area contributed by atoms with Gasteiger partial charge in [-0.15, -0.1) is 0 Å². The molecule has 0 aromatic carbocycles. The lowest BCUT2D eigenvalue weighted by Gasteiger charge is -2.14. The molecule has 1 rings (SSSR count). The number of nitrogens with one attached hydrogen (secondary N) is 1. The zero-order valence-corrected chi connectivity index (χ0v) is 5.70. The highest BCUT2D eigenvalue weighted by Gasteiger charge is 2.04. The minimum atomic E-state index is -0.162. The van der Waals surface area contributed by atoms with Crippen LogP contribution in [-0.4, -0.2) is 19.6 Å². The molecule has 1 unspecified atom stereocenters. The predicted octanol–water partition coefficient (Wildman–Crippen LogP) is 0.201. The van der Waals surface area contributed by atoms with Crippen molar-refractivity contribution >= 4 is 6.29 Å². The fourth-order valence-corrected chi connectivity index (χ4v) is 0.732. The van der Waals surface area contributed by atoms with E-state index in [1.54, 1.807) is 25.5 Å². The van der Waals surface area contributed by atoms with Gasteiger partial charge in [0.15, 0.2) is 0 Å². The molecule has 0 amide bonds. The van der Waals surface area contributed by atoms with Crippen LogP contribution in [0.5, 0.6) is 0 Å². The van der Waals surface area contributed by atoms with E-state index in [2.05, 4.69) is 5.32 Å². The van der Waals surface area contributed by atoms with E-state index in [0.717, 1.165) is 6.29 Å². The van der Waals surface area contributed by atoms with Gasteiger partial charge in [-0.05, 0) is 18.4 Å². The zero-order chi connectivity index (χ0) is 7.40. The second-order valence-corrected chi connectivity index (χ2v) is 1.94. The van der Waals surface area contributed by atoms with Crippen LogP contribution in [0.4, 0.5) is 0 Å². The van der Waals surface area contributed by atoms with E-state index in [9.17, 15) is 4.79 Å². The first-order chi connectivity index (χ1) is 4.86. The molecule has 1 aliphatic heterocycles. The highest BCUT2D eigenvalue weighted by atomic mass is 16.5. The summed E-state index contributed by atoms with van der Waals surface area (Å²) in [5, 5.41) is 2.90. The van der Waals surface area contributed by atoms with E-state index in [4.69, 9.17) is 4.74 Å². The van der Waals surface area contributed by atoms with Crippen LogP contribution in [-0.2, 0) is 9.53 Å². The summed E-state index contributed by atoms with van der Waals surface area (Å²) in [4.78, 5) is 10.2. The molecule has 1 heterocycles. The lowest BCUT2D eigenvalue weighted by molar-refractivity contribution is -0.104. The molecule has 54 valence electrons. The van der Waals surface area contributed by atoms with Crippen molar-refractivity contribution in [2.24, 2.45) is 0 Å². The molecule has 0 spiro atoms. The summed E-state index contributed by atoms with van der Waals surface area (Å²) in [6.45, 7) is 0. The van der Waals surface area contributed by atoms with Gasteiger partial charge >= 0.3 is 0 Å². The molecule has 3 heteroatoms. The summed E-state index contributed by atoms with van der Waals surface area (Å²) in [5.41, 5.74) is 0.644. The summed E-state index contributed by atoms with van der Waals surface area (Å²) < 4.78 is 4.93. The number of rotatable bonds is 2. The van der Waals surface area contributed by atoms with E-state index < -0.39 is 0 Å². The van der Waals surface area contributed by atoms with E-state index >= 15 is 0 Å². The van der Waals surface area contributed by atoms with Crippen LogP contribution in [0.1, 0.15) is 0 Å². The highest BCUT2D eigenvalue weighted by molar-refractivity contribution is 5.77. The molecular weight excluding hydrogens is 130 g/mol. The van der Waals surface area contributed by atoms with Crippen molar-refractivity contribution in [2.45, 2.75) is 6.23 Å². The zero-order valence-electron chi connectivity index (χ0n) is 5.70. The topological polar surface area (TPSA) is 38.3 Å². The van der Waals surface area contributed by atoms with Crippen molar-refractivity contribution in [2.75, 3.05) is 7.11 Å². The van der Waals surface area contributed by atoms with Crippen LogP contribution in [0.25, 0.3) is 0 Å². The molecule has 1 N–H and O–H groups in total. The van der Waals surface area contributed by atoms with Gasteiger partial charge in [-0.25, -0.2) is 0 Å². The Hall–Kier alpha value is -1.09. The smallest absolute Gasteiger partial charge is 0.149 e. The predicted molar refractivity (Wildman–Crippen MR) is 37.2 cm³/mol. The van der Waals surface area contributed by atoms with Gasteiger partial charge in [0.2, 0.25) is 0 Å². The quantitative estimate of drug-likeness (QED) is 0.555. The Morgan fingerprint density at radius 3 is 3.20 bits per heavy atom. The normalized spacial score (nSPS) is 23.3. The van der Waals surface area contributed by atoms with Crippen LogP contribution in [0.3, 0.4) is 0 Å². The van der Waals surface area contributed by atoms with Gasteiger partial charge in [-0.1, -0.05) is 0 Å². The molecule has 0 aliphatic carbocycles. The monoisotopic (exact) mass is 139 g/mol. The van der Waals surface area contributed by atoms with Gasteiger partial charge in [0.05, 0.1) is 0 Å². The molecule has 0 bridgehead atoms. The number of methoxy groups -OCH3 is 1. The first kappa shape index (κ1) is 7.02. The molecule has 1 aliphatic rings. The van der Waals surface area contributed by atoms with Crippen LogP contribution < -0.4 is 5.32 Å². The summed E-state index contributed by atoms with van der Waals surface area (Å²) in [7, 11) is 1.58. The first-order valence-corrected chi connectivity index (χ1v) is 2.99. The standard InChI is InChI=1S/C7H9NO2/c1-10-7-4-6(5-9)2-3-8-7/h2-5,7-8H,1H3. The molecule has 0 radical (unpaired) electrons. The molecule has 0 aromatic heterocycles. The molecule has 0 saturated carbocycles. The average molecular weight is 139 g/mol. The Morgan fingerprint density at radius 2 is 2.60 bits per heavy atom. The van der Waals surface area contributed by atoms with Crippen molar-refractivity contribution in [1.82, 2.24) is 5.32 Å². The van der Waals surface area contributed by atoms with Crippen LogP contribution in [0.15, 0.2) is 23.9 Å². The highest BCUT2D eigenvalue weighted by Crippen LogP contribution is 2.01. The van der Waals surface area contributed by atoms with Gasteiger partial charge in [-0.3, -0.25) is 4.79 Å². The van der Waals surface area contributed by atoms with Gasteiger partial charge in [0.25, 0.3) is 0 Å². The van der Waals surface area contributed by atoms with Gasteiger partial charge in [-0.2, -0.15) is 0 Å². The van der Waals surface area contributed by atoms with Crippen LogP contribution in [0, 0.1) is 0 Å². The minimum absolute atomic E-state index is 0.162. The third-order valence-corrected chi connectivity index (χ3v) is 1.27. The summed E-state index contributed by atoms with van der Waals surface area (Å²) in [5.74, 6) is 0. The fourth-order valence-electron chi connectivity index (χ4n) is 0.732. The van der Waals surface area contributed by atoms with E-state index in [1.165, 1.54) is 0 Å². The second kappa shape index (κ2) is 3.17. The lowest BCUT2D eigenvalue weighted by Crippen LogP contribution is -2.26. The molecule has 0 fully saturated rings. The maximum absolute atomic E-state index is 10.2. The summed E-state index contributed by atoms with van der Waals surface area (Å²) in [6.07, 6.45) is 5.74. The van der Waals surface area contributed by atoms with Crippen molar-refractivity contribution in [3.63, 3.8) is 0 Å². The van der Waals surface area contributed by atoms with E-state index in [1.807, 2.05) is 0 Å². The molecule has 0 aromatic rings. The Bertz CT molecular complexity index is 184. The van der Waals surface area contributed by atoms with Crippen LogP contribution >= 0.6 is 0 Å². The number of aldehydes is 1. The number of dihydropyridines is 1. The second-order valence-electron chi connectivity index (χ2n) is 1.94. The van der Waals surface area contributed by atoms with E-state index in [0.29, 0.717) is 5.57 Å². The summed E-state index contributed by atoms with van der Waals surface area (Å²) >= 11 is 0. The number of ether oxygens (including phenoxy) is 1. The Kier molecular flexibility index (Phi) is 2.23. The van der Waals surface area contributed by atoms with Gasteiger partial charge in [0, 0.05) is 12.7 Å². The van der Waals surface area contributed by atoms with Crippen molar-refractivity contribution in [3.05, 3.63) is 23.9 Å². The third-order valence-electron chi connectivity index (χ3n) is 1.27. The average Bonchev–Trinajstić information content (AvgIpc) is 2.05. The van der Waals surface area contributed by atoms with Crippen molar-refractivity contribution in [1.29, 1.82) is 0 Å². The Morgan fingerprint density at radius 1 is 1.80 bits per heavy atom. The number of carbonyl (C=O) groups excluding carboxylic acids is 1. The number of hydrogen-bond acceptors (Lipinski definition) is 3. The maximum atomic E-state index is 10.2. The first-order valence-electron chi connectivity index (χ1n) is 2.99. The van der Waals surface area contributed by atoms with E-state index in [-0.39, 0.29) is 6.23 Å². The van der Waals surface area contributed by atoms with Gasteiger partial charge in [0.1, 0.15) is 12.5 Å². The Balaban J connectivity index is 2.64. The number of hydrogen-bond donors (Lipinski definition) is 1. The fraction of sp³-hybridized carbons (Fsp3) is 0.286. The SMILES string of the molecule is COC1C=C(C=O)C=CN1. The Labute approximate surface area is 59.4 Å². The molecular formula is C7H9NO2. The molecule has 0 saturated heterocycles. The lowest BCUT2D eigenvalue weighted by atomic mass is 10.2. The third kappa shape index (κ3) is 1.45. The minimum Gasteiger partial charge on any atom is -0.363 e. The van der Waals surface area contributed by atoms with Crippen molar-refractivity contribution < 1.29 is 9.53 Å².